The molecular formula is C26H22O6S. The van der Waals surface area contributed by atoms with Crippen molar-refractivity contribution in [1.29, 1.82) is 0 Å². The first-order valence-electron chi connectivity index (χ1n) is 10.1. The van der Waals surface area contributed by atoms with Crippen molar-refractivity contribution in [1.82, 2.24) is 0 Å². The smallest absolute Gasteiger partial charge is 0.206 e. The molecule has 0 heterocycles. The van der Waals surface area contributed by atoms with Crippen molar-refractivity contribution in [3.63, 3.8) is 0 Å². The minimum atomic E-state index is -3.72. The van der Waals surface area contributed by atoms with Crippen LogP contribution in [0.15, 0.2) is 94.7 Å². The van der Waals surface area contributed by atoms with Gasteiger partial charge in [-0.1, -0.05) is 0 Å². The van der Waals surface area contributed by atoms with E-state index in [1.807, 2.05) is 0 Å². The minimum absolute atomic E-state index is 0.138. The lowest BCUT2D eigenvalue weighted by Crippen LogP contribution is -2.01. The van der Waals surface area contributed by atoms with Gasteiger partial charge in [0.2, 0.25) is 9.84 Å². The van der Waals surface area contributed by atoms with Crippen LogP contribution in [-0.2, 0) is 9.84 Å². The second-order valence-electron chi connectivity index (χ2n) is 7.55. The van der Waals surface area contributed by atoms with E-state index in [0.29, 0.717) is 34.1 Å². The van der Waals surface area contributed by atoms with Crippen LogP contribution in [0.3, 0.4) is 0 Å². The highest BCUT2D eigenvalue weighted by molar-refractivity contribution is 7.91. The number of hydrogen-bond donors (Lipinski definition) is 2. The average molecular weight is 463 g/mol. The number of sulfone groups is 1. The number of ether oxygens (including phenoxy) is 2. The van der Waals surface area contributed by atoms with E-state index in [2.05, 4.69) is 0 Å². The average Bonchev–Trinajstić information content (AvgIpc) is 2.80. The first kappa shape index (κ1) is 22.2. The van der Waals surface area contributed by atoms with Gasteiger partial charge in [-0.2, -0.15) is 0 Å². The molecule has 0 amide bonds. The Bertz CT molecular complexity index is 1290. The van der Waals surface area contributed by atoms with Crippen molar-refractivity contribution < 1.29 is 28.1 Å². The zero-order valence-electron chi connectivity index (χ0n) is 18.0. The summed E-state index contributed by atoms with van der Waals surface area (Å²) in [6, 6.07) is 22.0. The highest BCUT2D eigenvalue weighted by Gasteiger charge is 2.18. The molecular weight excluding hydrogens is 440 g/mol. The second-order valence-corrected chi connectivity index (χ2v) is 9.50. The number of aromatic hydroxyl groups is 2. The standard InChI is InChI=1S/C26H22O6S/c1-17-15-21(7-13-25(17)27)31-19-3-9-23(10-4-19)33(29,30)24-11-5-20(6-12-24)32-22-8-14-26(28)18(2)16-22/h3-16,27-28H,1-2H3. The maximum Gasteiger partial charge on any atom is 0.206 e. The third-order valence-electron chi connectivity index (χ3n) is 5.08. The van der Waals surface area contributed by atoms with Gasteiger partial charge in [0.25, 0.3) is 0 Å². The third-order valence-corrected chi connectivity index (χ3v) is 6.86. The summed E-state index contributed by atoms with van der Waals surface area (Å²) in [5.74, 6) is 2.40. The van der Waals surface area contributed by atoms with Crippen molar-refractivity contribution in [2.45, 2.75) is 23.6 Å². The molecule has 0 unspecified atom stereocenters. The molecule has 0 aromatic heterocycles. The Balaban J connectivity index is 1.49. The Morgan fingerprint density at radius 1 is 0.545 bits per heavy atom. The monoisotopic (exact) mass is 462 g/mol. The Morgan fingerprint density at radius 3 is 1.21 bits per heavy atom. The number of phenols is 2. The number of aryl methyl sites for hydroxylation is 2. The molecule has 4 aromatic rings. The molecule has 168 valence electrons. The van der Waals surface area contributed by atoms with Crippen LogP contribution in [-0.4, -0.2) is 18.6 Å². The quantitative estimate of drug-likeness (QED) is 0.358. The molecule has 0 aliphatic rings. The Kier molecular flexibility index (Phi) is 5.98. The summed E-state index contributed by atoms with van der Waals surface area (Å²) in [5.41, 5.74) is 1.36. The molecule has 0 bridgehead atoms. The van der Waals surface area contributed by atoms with Gasteiger partial charge in [0, 0.05) is 0 Å². The van der Waals surface area contributed by atoms with Crippen LogP contribution in [0.4, 0.5) is 0 Å². The molecule has 0 atom stereocenters. The molecule has 0 saturated heterocycles. The van der Waals surface area contributed by atoms with Gasteiger partial charge in [-0.15, -0.1) is 0 Å². The number of phenolic OH excluding ortho intramolecular Hbond substituents is 2. The van der Waals surface area contributed by atoms with Gasteiger partial charge >= 0.3 is 0 Å². The molecule has 4 rings (SSSR count). The van der Waals surface area contributed by atoms with Crippen LogP contribution in [0.1, 0.15) is 11.1 Å². The summed E-state index contributed by atoms with van der Waals surface area (Å²) in [6.45, 7) is 3.53. The lowest BCUT2D eigenvalue weighted by molar-refractivity contribution is 0.460. The first-order chi connectivity index (χ1) is 15.7. The molecule has 0 aliphatic carbocycles. The van der Waals surface area contributed by atoms with Gasteiger partial charge in [0.05, 0.1) is 9.79 Å². The molecule has 4 aromatic carbocycles. The van der Waals surface area contributed by atoms with Crippen LogP contribution in [0.2, 0.25) is 0 Å². The van der Waals surface area contributed by atoms with E-state index in [1.165, 1.54) is 24.3 Å². The van der Waals surface area contributed by atoms with Crippen molar-refractivity contribution in [2.75, 3.05) is 0 Å². The number of rotatable bonds is 6. The van der Waals surface area contributed by atoms with Crippen molar-refractivity contribution in [3.05, 3.63) is 96.1 Å². The van der Waals surface area contributed by atoms with E-state index in [4.69, 9.17) is 9.47 Å². The molecule has 2 N–H and O–H groups in total. The molecule has 0 fully saturated rings. The first-order valence-corrected chi connectivity index (χ1v) is 11.6. The van der Waals surface area contributed by atoms with E-state index >= 15 is 0 Å². The normalized spacial score (nSPS) is 11.2. The number of benzene rings is 4. The minimum Gasteiger partial charge on any atom is -0.508 e. The molecule has 0 saturated carbocycles. The van der Waals surface area contributed by atoms with Crippen LogP contribution >= 0.6 is 0 Å². The van der Waals surface area contributed by atoms with Gasteiger partial charge < -0.3 is 19.7 Å². The maximum atomic E-state index is 13.0. The van der Waals surface area contributed by atoms with Crippen LogP contribution in [0.25, 0.3) is 0 Å². The summed E-state index contributed by atoms with van der Waals surface area (Å²) >= 11 is 0. The third kappa shape index (κ3) is 4.94. The van der Waals surface area contributed by atoms with E-state index in [1.54, 1.807) is 74.5 Å². The van der Waals surface area contributed by atoms with Gasteiger partial charge in [-0.05, 0) is 110 Å². The predicted molar refractivity (Wildman–Crippen MR) is 124 cm³/mol. The predicted octanol–water partition coefficient (Wildman–Crippen LogP) is 6.13. The zero-order chi connectivity index (χ0) is 23.6. The fraction of sp³-hybridized carbons (Fsp3) is 0.0769. The van der Waals surface area contributed by atoms with Crippen molar-refractivity contribution >= 4 is 9.84 Å². The van der Waals surface area contributed by atoms with Gasteiger partial charge in [0.1, 0.15) is 34.5 Å². The highest BCUT2D eigenvalue weighted by Crippen LogP contribution is 2.30. The van der Waals surface area contributed by atoms with Crippen LogP contribution in [0, 0.1) is 13.8 Å². The SMILES string of the molecule is Cc1cc(Oc2ccc(S(=O)(=O)c3ccc(Oc4ccc(O)c(C)c4)cc3)cc2)ccc1O. The molecule has 0 aliphatic heterocycles. The van der Waals surface area contributed by atoms with Crippen LogP contribution < -0.4 is 9.47 Å². The van der Waals surface area contributed by atoms with Gasteiger partial charge in [-0.3, -0.25) is 0 Å². The van der Waals surface area contributed by atoms with E-state index in [9.17, 15) is 18.6 Å². The summed E-state index contributed by atoms with van der Waals surface area (Å²) in [5, 5.41) is 19.2. The Labute approximate surface area is 192 Å². The van der Waals surface area contributed by atoms with Gasteiger partial charge in [-0.25, -0.2) is 8.42 Å². The Morgan fingerprint density at radius 2 is 0.879 bits per heavy atom. The van der Waals surface area contributed by atoms with Crippen molar-refractivity contribution in [3.8, 4) is 34.5 Å². The van der Waals surface area contributed by atoms with E-state index < -0.39 is 9.84 Å². The van der Waals surface area contributed by atoms with Gasteiger partial charge in [0.15, 0.2) is 0 Å². The molecule has 7 heteroatoms. The molecule has 0 radical (unpaired) electrons. The lowest BCUT2D eigenvalue weighted by Gasteiger charge is -2.10. The zero-order valence-corrected chi connectivity index (χ0v) is 18.8. The topological polar surface area (TPSA) is 93.1 Å². The van der Waals surface area contributed by atoms with E-state index in [-0.39, 0.29) is 21.3 Å². The Hall–Kier alpha value is -3.97. The number of hydrogen-bond acceptors (Lipinski definition) is 6. The summed E-state index contributed by atoms with van der Waals surface area (Å²) in [7, 11) is -3.72. The molecule has 6 nitrogen and oxygen atoms in total. The fourth-order valence-electron chi connectivity index (χ4n) is 3.16. The van der Waals surface area contributed by atoms with Crippen LogP contribution in [0.5, 0.6) is 34.5 Å². The highest BCUT2D eigenvalue weighted by atomic mass is 32.2. The summed E-state index contributed by atoms with van der Waals surface area (Å²) in [4.78, 5) is 0.277. The van der Waals surface area contributed by atoms with Crippen molar-refractivity contribution in [2.24, 2.45) is 0 Å². The summed E-state index contributed by atoms with van der Waals surface area (Å²) in [6.07, 6.45) is 0. The lowest BCUT2D eigenvalue weighted by atomic mass is 10.2. The second kappa shape index (κ2) is 8.88. The fourth-order valence-corrected chi connectivity index (χ4v) is 4.43. The largest absolute Gasteiger partial charge is 0.508 e. The maximum absolute atomic E-state index is 13.0. The van der Waals surface area contributed by atoms with E-state index in [0.717, 1.165) is 0 Å². The molecule has 33 heavy (non-hydrogen) atoms. The molecule has 0 spiro atoms. The summed E-state index contributed by atoms with van der Waals surface area (Å²) < 4.78 is 37.5.